The molecule has 1 heterocycles. The van der Waals surface area contributed by atoms with E-state index in [0.717, 1.165) is 36.4 Å². The highest BCUT2D eigenvalue weighted by atomic mass is 16.5. The molecule has 1 aromatic rings. The molecule has 0 radical (unpaired) electrons. The summed E-state index contributed by atoms with van der Waals surface area (Å²) in [7, 11) is 1.83. The Balaban J connectivity index is 2.01. The maximum atomic E-state index is 12.4. The summed E-state index contributed by atoms with van der Waals surface area (Å²) in [5.74, 6) is 0.0565. The molecule has 2 rings (SSSR count). The normalized spacial score (nSPS) is 19.2. The number of ether oxygens (including phenoxy) is 1. The summed E-state index contributed by atoms with van der Waals surface area (Å²) >= 11 is 0. The largest absolute Gasteiger partial charge is 0.374 e. The summed E-state index contributed by atoms with van der Waals surface area (Å²) in [5, 5.41) is 3.27. The van der Waals surface area contributed by atoms with Gasteiger partial charge in [-0.05, 0) is 26.0 Å². The van der Waals surface area contributed by atoms with Gasteiger partial charge in [0.2, 0.25) is 0 Å². The molecular weight excluding hydrogens is 240 g/mol. The molecule has 1 unspecified atom stereocenters. The van der Waals surface area contributed by atoms with Gasteiger partial charge in [-0.25, -0.2) is 0 Å². The van der Waals surface area contributed by atoms with Gasteiger partial charge in [-0.15, -0.1) is 0 Å². The van der Waals surface area contributed by atoms with Gasteiger partial charge in [-0.2, -0.15) is 0 Å². The van der Waals surface area contributed by atoms with Gasteiger partial charge < -0.3 is 15.0 Å². The number of nitrogens with zero attached hydrogens (tertiary/aromatic N) is 1. The summed E-state index contributed by atoms with van der Waals surface area (Å²) in [4.78, 5) is 14.1. The third kappa shape index (κ3) is 3.78. The smallest absolute Gasteiger partial charge is 0.253 e. The van der Waals surface area contributed by atoms with Crippen molar-refractivity contribution in [1.82, 2.24) is 10.2 Å². The summed E-state index contributed by atoms with van der Waals surface area (Å²) in [6, 6.07) is 5.95. The first kappa shape index (κ1) is 14.0. The molecule has 19 heavy (non-hydrogen) atoms. The number of likely N-dealkylation sites (N-methyl/N-ethyl adjacent to an activating group) is 1. The van der Waals surface area contributed by atoms with Crippen LogP contribution in [0.3, 0.4) is 0 Å². The van der Waals surface area contributed by atoms with Gasteiger partial charge in [-0.1, -0.05) is 17.2 Å². The monoisotopic (exact) mass is 262 g/mol. The molecule has 1 aromatic carbocycles. The highest BCUT2D eigenvalue weighted by molar-refractivity contribution is 5.94. The van der Waals surface area contributed by atoms with E-state index in [1.807, 2.05) is 33.0 Å². The van der Waals surface area contributed by atoms with E-state index in [9.17, 15) is 4.79 Å². The average molecular weight is 262 g/mol. The van der Waals surface area contributed by atoms with Crippen molar-refractivity contribution in [2.24, 2.45) is 0 Å². The molecular formula is C15H22N2O2. The van der Waals surface area contributed by atoms with Crippen molar-refractivity contribution in [3.8, 4) is 0 Å². The Morgan fingerprint density at radius 2 is 2.05 bits per heavy atom. The third-order valence-corrected chi connectivity index (χ3v) is 3.30. The Hall–Kier alpha value is -1.39. The second-order valence-electron chi connectivity index (χ2n) is 5.26. The van der Waals surface area contributed by atoms with Crippen molar-refractivity contribution in [1.29, 1.82) is 0 Å². The fraction of sp³-hybridized carbons (Fsp3) is 0.533. The van der Waals surface area contributed by atoms with Gasteiger partial charge in [0.15, 0.2) is 0 Å². The zero-order valence-corrected chi connectivity index (χ0v) is 11.9. The van der Waals surface area contributed by atoms with Crippen LogP contribution in [0.1, 0.15) is 21.5 Å². The molecule has 1 aliphatic heterocycles. The van der Waals surface area contributed by atoms with Crippen LogP contribution in [0.15, 0.2) is 18.2 Å². The minimum atomic E-state index is 0.0565. The summed E-state index contributed by atoms with van der Waals surface area (Å²) in [6.45, 7) is 7.07. The maximum absolute atomic E-state index is 12.4. The molecule has 1 N–H and O–H groups in total. The Labute approximate surface area is 114 Å². The third-order valence-electron chi connectivity index (χ3n) is 3.30. The van der Waals surface area contributed by atoms with Crippen LogP contribution in [-0.2, 0) is 4.74 Å². The standard InChI is InChI=1S/C15H22N2O2/c1-11-6-12(2)8-13(7-11)15(18)17(3)10-14-9-16-4-5-19-14/h6-8,14,16H,4-5,9-10H2,1-3H3. The zero-order chi connectivity index (χ0) is 13.8. The van der Waals surface area contributed by atoms with E-state index in [1.165, 1.54) is 0 Å². The molecule has 1 fully saturated rings. The Morgan fingerprint density at radius 1 is 1.37 bits per heavy atom. The van der Waals surface area contributed by atoms with E-state index in [1.54, 1.807) is 4.90 Å². The van der Waals surface area contributed by atoms with E-state index in [0.29, 0.717) is 6.54 Å². The lowest BCUT2D eigenvalue weighted by Gasteiger charge is -2.28. The molecule has 1 aliphatic rings. The van der Waals surface area contributed by atoms with Crippen LogP contribution in [0, 0.1) is 13.8 Å². The van der Waals surface area contributed by atoms with Gasteiger partial charge in [-0.3, -0.25) is 4.79 Å². The number of rotatable bonds is 3. The highest BCUT2D eigenvalue weighted by Gasteiger charge is 2.19. The average Bonchev–Trinajstić information content (AvgIpc) is 2.37. The molecule has 0 spiro atoms. The van der Waals surface area contributed by atoms with Gasteiger partial charge >= 0.3 is 0 Å². The van der Waals surface area contributed by atoms with Gasteiger partial charge in [0, 0.05) is 32.2 Å². The number of aryl methyl sites for hydroxylation is 2. The number of carbonyl (C=O) groups excluding carboxylic acids is 1. The van der Waals surface area contributed by atoms with E-state index in [4.69, 9.17) is 4.74 Å². The number of amides is 1. The Morgan fingerprint density at radius 3 is 2.63 bits per heavy atom. The lowest BCUT2D eigenvalue weighted by atomic mass is 10.1. The predicted octanol–water partition coefficient (Wildman–Crippen LogP) is 1.36. The van der Waals surface area contributed by atoms with Crippen LogP contribution in [0.2, 0.25) is 0 Å². The van der Waals surface area contributed by atoms with Crippen molar-refractivity contribution < 1.29 is 9.53 Å². The fourth-order valence-corrected chi connectivity index (χ4v) is 2.44. The molecule has 104 valence electrons. The van der Waals surface area contributed by atoms with E-state index in [2.05, 4.69) is 11.4 Å². The van der Waals surface area contributed by atoms with Gasteiger partial charge in [0.1, 0.15) is 0 Å². The Bertz CT molecular complexity index is 433. The summed E-state index contributed by atoms with van der Waals surface area (Å²) < 4.78 is 5.63. The number of carbonyl (C=O) groups is 1. The Kier molecular flexibility index (Phi) is 4.56. The number of hydrogen-bond donors (Lipinski definition) is 1. The van der Waals surface area contributed by atoms with Crippen molar-refractivity contribution in [3.63, 3.8) is 0 Å². The molecule has 1 saturated heterocycles. The molecule has 0 bridgehead atoms. The number of hydrogen-bond acceptors (Lipinski definition) is 3. The minimum Gasteiger partial charge on any atom is -0.374 e. The van der Waals surface area contributed by atoms with E-state index >= 15 is 0 Å². The maximum Gasteiger partial charge on any atom is 0.253 e. The minimum absolute atomic E-state index is 0.0565. The summed E-state index contributed by atoms with van der Waals surface area (Å²) in [5.41, 5.74) is 2.99. The zero-order valence-electron chi connectivity index (χ0n) is 11.9. The number of morpholine rings is 1. The first-order chi connectivity index (χ1) is 9.06. The van der Waals surface area contributed by atoms with Crippen molar-refractivity contribution in [2.75, 3.05) is 33.3 Å². The topological polar surface area (TPSA) is 41.6 Å². The first-order valence-corrected chi connectivity index (χ1v) is 6.72. The molecule has 4 heteroatoms. The SMILES string of the molecule is Cc1cc(C)cc(C(=O)N(C)CC2CNCCO2)c1. The second kappa shape index (κ2) is 6.17. The molecule has 0 saturated carbocycles. The molecule has 0 aliphatic carbocycles. The van der Waals surface area contributed by atoms with Crippen molar-refractivity contribution in [2.45, 2.75) is 20.0 Å². The highest BCUT2D eigenvalue weighted by Crippen LogP contribution is 2.11. The second-order valence-corrected chi connectivity index (χ2v) is 5.26. The van der Waals surface area contributed by atoms with Crippen LogP contribution in [0.25, 0.3) is 0 Å². The number of nitrogens with one attached hydrogen (secondary N) is 1. The van der Waals surface area contributed by atoms with Gasteiger partial charge in [0.05, 0.1) is 12.7 Å². The van der Waals surface area contributed by atoms with Crippen LogP contribution in [-0.4, -0.2) is 50.2 Å². The lowest BCUT2D eigenvalue weighted by Crippen LogP contribution is -2.45. The molecule has 1 atom stereocenters. The fourth-order valence-electron chi connectivity index (χ4n) is 2.44. The summed E-state index contributed by atoms with van der Waals surface area (Å²) in [6.07, 6.45) is 0.0913. The van der Waals surface area contributed by atoms with Crippen LogP contribution < -0.4 is 5.32 Å². The first-order valence-electron chi connectivity index (χ1n) is 6.72. The van der Waals surface area contributed by atoms with Crippen LogP contribution in [0.5, 0.6) is 0 Å². The lowest BCUT2D eigenvalue weighted by molar-refractivity contribution is 0.0104. The van der Waals surface area contributed by atoms with Crippen molar-refractivity contribution >= 4 is 5.91 Å². The quantitative estimate of drug-likeness (QED) is 0.894. The van der Waals surface area contributed by atoms with E-state index in [-0.39, 0.29) is 12.0 Å². The molecule has 1 amide bonds. The van der Waals surface area contributed by atoms with Crippen LogP contribution >= 0.6 is 0 Å². The van der Waals surface area contributed by atoms with E-state index < -0.39 is 0 Å². The molecule has 0 aromatic heterocycles. The van der Waals surface area contributed by atoms with Crippen molar-refractivity contribution in [3.05, 3.63) is 34.9 Å². The molecule has 4 nitrogen and oxygen atoms in total. The predicted molar refractivity (Wildman–Crippen MR) is 75.5 cm³/mol. The number of benzene rings is 1. The van der Waals surface area contributed by atoms with Gasteiger partial charge in [0.25, 0.3) is 5.91 Å². The van der Waals surface area contributed by atoms with Crippen LogP contribution in [0.4, 0.5) is 0 Å².